The Morgan fingerprint density at radius 3 is 2.03 bits per heavy atom. The Hall–Kier alpha value is -5.08. The van der Waals surface area contributed by atoms with Gasteiger partial charge in [0.05, 0.1) is 34.0 Å². The number of para-hydroxylation sites is 1. The Bertz CT molecular complexity index is 2450. The van der Waals surface area contributed by atoms with Crippen molar-refractivity contribution in [3.8, 4) is 0 Å². The maximum atomic E-state index is 14.7. The number of ether oxygens (including phenoxy) is 2. The minimum Gasteiger partial charge on any atom is -0.443 e. The highest BCUT2D eigenvalue weighted by Crippen LogP contribution is 2.32. The number of aromatic nitrogens is 3. The Morgan fingerprint density at radius 1 is 0.761 bits per heavy atom. The van der Waals surface area contributed by atoms with Crippen LogP contribution in [0.5, 0.6) is 0 Å². The molecule has 67 heavy (non-hydrogen) atoms. The second-order valence-electron chi connectivity index (χ2n) is 20.9. The lowest BCUT2D eigenvalue weighted by Gasteiger charge is -2.43. The van der Waals surface area contributed by atoms with Crippen LogP contribution in [-0.2, 0) is 48.5 Å². The number of pyridine rings is 1. The van der Waals surface area contributed by atoms with Gasteiger partial charge in [-0.3, -0.25) is 33.4 Å². The van der Waals surface area contributed by atoms with E-state index in [1.807, 2.05) is 87.7 Å². The van der Waals surface area contributed by atoms with Crippen molar-refractivity contribution in [2.24, 2.45) is 16.7 Å². The summed E-state index contributed by atoms with van der Waals surface area (Å²) in [6, 6.07) is 14.3. The number of aryl methyl sites for hydroxylation is 1. The highest BCUT2D eigenvalue weighted by Gasteiger charge is 2.35. The first kappa shape index (κ1) is 49.8. The Morgan fingerprint density at radius 2 is 1.39 bits per heavy atom. The summed E-state index contributed by atoms with van der Waals surface area (Å²) in [6.45, 7) is 19.5. The van der Waals surface area contributed by atoms with Crippen molar-refractivity contribution in [3.05, 3.63) is 75.7 Å². The minimum absolute atomic E-state index is 0.00946. The van der Waals surface area contributed by atoms with E-state index < -0.39 is 16.7 Å². The predicted octanol–water partition coefficient (Wildman–Crippen LogP) is 7.51. The van der Waals surface area contributed by atoms with Crippen molar-refractivity contribution in [2.75, 3.05) is 59.4 Å². The largest absolute Gasteiger partial charge is 0.443 e. The van der Waals surface area contributed by atoms with Gasteiger partial charge in [0.2, 0.25) is 11.8 Å². The first-order valence-electron chi connectivity index (χ1n) is 24.9. The third-order valence-corrected chi connectivity index (χ3v) is 14.9. The van der Waals surface area contributed by atoms with Crippen LogP contribution in [0.25, 0.3) is 21.8 Å². The zero-order chi connectivity index (χ0) is 48.0. The van der Waals surface area contributed by atoms with E-state index in [9.17, 15) is 24.0 Å². The molecule has 2 aromatic carbocycles. The summed E-state index contributed by atoms with van der Waals surface area (Å²) in [5, 5.41) is 6.36. The Balaban J connectivity index is 1.06. The normalized spacial score (nSPS) is 17.9. The number of piperidine rings is 2. The van der Waals surface area contributed by atoms with Crippen LogP contribution in [0.1, 0.15) is 122 Å². The van der Waals surface area contributed by atoms with Gasteiger partial charge in [-0.15, -0.1) is 0 Å². The van der Waals surface area contributed by atoms with E-state index in [2.05, 4.69) is 34.9 Å². The van der Waals surface area contributed by atoms with Crippen molar-refractivity contribution in [2.45, 2.75) is 138 Å². The first-order valence-corrected chi connectivity index (χ1v) is 24.9. The molecule has 4 aromatic rings. The number of piperazine rings is 1. The second kappa shape index (κ2) is 21.5. The minimum atomic E-state index is -0.655. The number of carbonyl (C=O) groups excluding carboxylic acids is 4. The van der Waals surface area contributed by atoms with Gasteiger partial charge in [0.25, 0.3) is 5.56 Å². The van der Waals surface area contributed by atoms with Crippen LogP contribution in [0.2, 0.25) is 0 Å². The summed E-state index contributed by atoms with van der Waals surface area (Å²) in [5.41, 5.74) is 2.72. The Labute approximate surface area is 396 Å². The maximum Gasteiger partial charge on any atom is 0.313 e. The third-order valence-electron chi connectivity index (χ3n) is 14.9. The van der Waals surface area contributed by atoms with Crippen molar-refractivity contribution in [1.82, 2.24) is 33.9 Å². The highest BCUT2D eigenvalue weighted by molar-refractivity contribution is 5.87. The predicted molar refractivity (Wildman–Crippen MR) is 261 cm³/mol. The molecule has 14 heteroatoms. The van der Waals surface area contributed by atoms with Crippen molar-refractivity contribution < 1.29 is 28.7 Å². The molecule has 2 amide bonds. The lowest BCUT2D eigenvalue weighted by molar-refractivity contribution is -0.159. The molecule has 0 aliphatic carbocycles. The summed E-state index contributed by atoms with van der Waals surface area (Å²) in [4.78, 5) is 78.0. The summed E-state index contributed by atoms with van der Waals surface area (Å²) in [5.74, 6) is -1.28. The van der Waals surface area contributed by atoms with Gasteiger partial charge in [-0.1, -0.05) is 51.0 Å². The quantitative estimate of drug-likeness (QED) is 0.0979. The summed E-state index contributed by atoms with van der Waals surface area (Å²) >= 11 is 0. The zero-order valence-electron chi connectivity index (χ0n) is 41.5. The molecule has 0 bridgehead atoms. The van der Waals surface area contributed by atoms with Gasteiger partial charge in [-0.05, 0) is 140 Å². The van der Waals surface area contributed by atoms with E-state index in [4.69, 9.17) is 9.47 Å². The number of fused-ring (bicyclic) bond motifs is 2. The van der Waals surface area contributed by atoms with Crippen LogP contribution in [0.4, 0.5) is 0 Å². The monoisotopic (exact) mass is 922 g/mol. The molecule has 2 aromatic heterocycles. The molecule has 0 N–H and O–H groups in total. The number of benzene rings is 2. The molecule has 1 atom stereocenters. The van der Waals surface area contributed by atoms with Crippen LogP contribution >= 0.6 is 0 Å². The standard InChI is InChI=1S/C53H75N7O7/c1-9-19-52(4,5)50(64)66-35-59-45-14-12-11-13-40(45)32-44(49(59)63)39-15-23-57(24-16-39)46(61)33-41(48(62)58-27-25-56(26-28-58)43-17-21-55(8)22-18-43)30-38-29-37(3)47-42(31-38)34-54-60(47)36-67-51(65)53(6,7)20-10-2/h11-14,29,31-32,34,39,41,43H,9-10,15-28,30,33,35-36H2,1-8H3/t41-/m0/s1. The summed E-state index contributed by atoms with van der Waals surface area (Å²) in [6.07, 6.45) is 8.88. The Kier molecular flexibility index (Phi) is 16.0. The van der Waals surface area contributed by atoms with Crippen molar-refractivity contribution in [3.63, 3.8) is 0 Å². The van der Waals surface area contributed by atoms with Gasteiger partial charge in [0, 0.05) is 62.7 Å². The molecular formula is C53H75N7O7. The molecule has 3 aliphatic rings. The number of likely N-dealkylation sites (tertiary alicyclic amines) is 2. The number of carbonyl (C=O) groups is 4. The molecule has 14 nitrogen and oxygen atoms in total. The average molecular weight is 922 g/mol. The van der Waals surface area contributed by atoms with Crippen molar-refractivity contribution >= 4 is 45.6 Å². The molecule has 0 radical (unpaired) electrons. The van der Waals surface area contributed by atoms with Gasteiger partial charge in [0.1, 0.15) is 0 Å². The fourth-order valence-electron chi connectivity index (χ4n) is 10.8. The van der Waals surface area contributed by atoms with E-state index in [-0.39, 0.29) is 55.1 Å². The van der Waals surface area contributed by atoms with Crippen LogP contribution in [0, 0.1) is 23.7 Å². The molecule has 0 saturated carbocycles. The van der Waals surface area contributed by atoms with Crippen LogP contribution in [0.3, 0.4) is 0 Å². The van der Waals surface area contributed by atoms with E-state index in [0.717, 1.165) is 85.7 Å². The van der Waals surface area contributed by atoms with Gasteiger partial charge in [0.15, 0.2) is 13.5 Å². The maximum absolute atomic E-state index is 14.7. The molecule has 3 saturated heterocycles. The average Bonchev–Trinajstić information content (AvgIpc) is 3.73. The van der Waals surface area contributed by atoms with E-state index in [0.29, 0.717) is 69.0 Å². The second-order valence-corrected chi connectivity index (χ2v) is 20.9. The van der Waals surface area contributed by atoms with E-state index in [1.165, 1.54) is 0 Å². The van der Waals surface area contributed by atoms with Crippen LogP contribution < -0.4 is 5.56 Å². The molecule has 0 spiro atoms. The number of hydrogen-bond acceptors (Lipinski definition) is 10. The number of nitrogens with zero attached hydrogens (tertiary/aromatic N) is 7. The van der Waals surface area contributed by atoms with Crippen molar-refractivity contribution in [1.29, 1.82) is 0 Å². The lowest BCUT2D eigenvalue weighted by Crippen LogP contribution is -2.55. The van der Waals surface area contributed by atoms with Crippen LogP contribution in [-0.4, -0.2) is 123 Å². The van der Waals surface area contributed by atoms with Gasteiger partial charge < -0.3 is 24.2 Å². The summed E-state index contributed by atoms with van der Waals surface area (Å²) < 4.78 is 14.8. The summed E-state index contributed by atoms with van der Waals surface area (Å²) in [7, 11) is 2.18. The lowest BCUT2D eigenvalue weighted by atomic mass is 9.88. The fourth-order valence-corrected chi connectivity index (χ4v) is 10.8. The van der Waals surface area contributed by atoms with Gasteiger partial charge >= 0.3 is 11.9 Å². The van der Waals surface area contributed by atoms with Gasteiger partial charge in [-0.25, -0.2) is 4.68 Å². The first-order chi connectivity index (χ1) is 32.0. The molecule has 3 fully saturated rings. The molecule has 3 aliphatic heterocycles. The van der Waals surface area contributed by atoms with E-state index in [1.54, 1.807) is 15.4 Å². The molecule has 5 heterocycles. The SMILES string of the molecule is CCCC(C)(C)C(=O)OCn1ncc2cc(C[C@@H](CC(=O)N3CCC(c4cc5ccccc5n(COC(=O)C(C)(C)CCC)c4=O)CC3)C(=O)N3CCN(C4CCN(C)CC4)CC3)cc(C)c21. The number of esters is 2. The molecule has 7 rings (SSSR count). The molecular weight excluding hydrogens is 847 g/mol. The smallest absolute Gasteiger partial charge is 0.313 e. The highest BCUT2D eigenvalue weighted by atomic mass is 16.5. The zero-order valence-corrected chi connectivity index (χ0v) is 41.5. The number of hydrogen-bond donors (Lipinski definition) is 0. The third kappa shape index (κ3) is 11.6. The molecule has 364 valence electrons. The number of amides is 2. The van der Waals surface area contributed by atoms with Crippen LogP contribution in [0.15, 0.2) is 53.5 Å². The van der Waals surface area contributed by atoms with E-state index >= 15 is 0 Å². The number of rotatable bonds is 17. The topological polar surface area (TPSA) is 140 Å². The fraction of sp³-hybridized carbons (Fsp3) is 0.623. The molecule has 0 unspecified atom stereocenters. The van der Waals surface area contributed by atoms with Gasteiger partial charge in [-0.2, -0.15) is 5.10 Å².